The number of hydrogen-bond donors (Lipinski definition) is 2. The van der Waals surface area contributed by atoms with Crippen LogP contribution in [0.4, 0.5) is 4.79 Å². The zero-order valence-corrected chi connectivity index (χ0v) is 20.6. The minimum Gasteiger partial charge on any atom is -0.492 e. The average molecular weight is 499 g/mol. The number of carboxylic acid groups (broad SMARTS) is 1. The van der Waals surface area contributed by atoms with Gasteiger partial charge in [0.25, 0.3) is 10.0 Å². The molecule has 2 unspecified atom stereocenters. The highest BCUT2D eigenvalue weighted by Gasteiger charge is 2.54. The largest absolute Gasteiger partial charge is 0.492 e. The summed E-state index contributed by atoms with van der Waals surface area (Å²) >= 11 is 0. The molecular formula is C25H30N4O5S. The summed E-state index contributed by atoms with van der Waals surface area (Å²) in [6.07, 6.45) is 3.36. The van der Waals surface area contributed by atoms with Crippen molar-refractivity contribution in [1.29, 1.82) is 0 Å². The lowest BCUT2D eigenvalue weighted by molar-refractivity contribution is -0.00567. The molecule has 10 heteroatoms. The van der Waals surface area contributed by atoms with Crippen LogP contribution in [0.15, 0.2) is 72.1 Å². The Labute approximate surface area is 205 Å². The normalized spacial score (nSPS) is 19.8. The van der Waals surface area contributed by atoms with Crippen LogP contribution in [-0.4, -0.2) is 59.8 Å². The molecule has 0 radical (unpaired) electrons. The van der Waals surface area contributed by atoms with E-state index in [1.54, 1.807) is 11.6 Å². The topological polar surface area (TPSA) is 114 Å². The molecule has 0 bridgehead atoms. The SMILES string of the molecule is CCC1N(C(=O)O)CC1(Cc1ccccc1)c1cccc(OCCNS(=O)(=O)c2cn(C)cn2)c1. The fraction of sp³-hybridized carbons (Fsp3) is 0.360. The van der Waals surface area contributed by atoms with Crippen molar-refractivity contribution in [2.75, 3.05) is 19.7 Å². The maximum atomic E-state index is 12.3. The Hall–Kier alpha value is -3.37. The summed E-state index contributed by atoms with van der Waals surface area (Å²) in [5.74, 6) is 0.607. The van der Waals surface area contributed by atoms with Gasteiger partial charge in [-0.05, 0) is 36.1 Å². The quantitative estimate of drug-likeness (QED) is 0.416. The van der Waals surface area contributed by atoms with Gasteiger partial charge in [0.05, 0.1) is 6.33 Å². The number of sulfonamides is 1. The van der Waals surface area contributed by atoms with Gasteiger partial charge >= 0.3 is 6.09 Å². The molecular weight excluding hydrogens is 468 g/mol. The molecule has 0 saturated carbocycles. The number of aromatic nitrogens is 2. The molecule has 2 aromatic carbocycles. The second-order valence-corrected chi connectivity index (χ2v) is 10.5. The summed E-state index contributed by atoms with van der Waals surface area (Å²) < 4.78 is 34.6. The van der Waals surface area contributed by atoms with E-state index >= 15 is 0 Å². The fourth-order valence-corrected chi connectivity index (χ4v) is 5.87. The van der Waals surface area contributed by atoms with Crippen LogP contribution in [0.3, 0.4) is 0 Å². The first-order valence-electron chi connectivity index (χ1n) is 11.5. The molecule has 1 amide bonds. The predicted molar refractivity (Wildman–Crippen MR) is 131 cm³/mol. The van der Waals surface area contributed by atoms with Crippen molar-refractivity contribution < 1.29 is 23.1 Å². The number of carbonyl (C=O) groups is 1. The van der Waals surface area contributed by atoms with E-state index in [9.17, 15) is 18.3 Å². The van der Waals surface area contributed by atoms with Gasteiger partial charge in [0.1, 0.15) is 12.4 Å². The van der Waals surface area contributed by atoms with Crippen LogP contribution in [-0.2, 0) is 28.9 Å². The highest BCUT2D eigenvalue weighted by Crippen LogP contribution is 2.46. The number of hydrogen-bond acceptors (Lipinski definition) is 5. The number of amides is 1. The molecule has 0 spiro atoms. The maximum absolute atomic E-state index is 12.3. The van der Waals surface area contributed by atoms with E-state index < -0.39 is 16.1 Å². The van der Waals surface area contributed by atoms with Crippen LogP contribution in [0.2, 0.25) is 0 Å². The maximum Gasteiger partial charge on any atom is 0.407 e. The van der Waals surface area contributed by atoms with Crippen LogP contribution in [0.1, 0.15) is 24.5 Å². The first-order chi connectivity index (χ1) is 16.7. The van der Waals surface area contributed by atoms with Gasteiger partial charge in [0.2, 0.25) is 0 Å². The molecule has 9 nitrogen and oxygen atoms in total. The van der Waals surface area contributed by atoms with Crippen molar-refractivity contribution in [1.82, 2.24) is 19.2 Å². The third-order valence-corrected chi connectivity index (χ3v) is 7.84. The molecule has 1 aromatic heterocycles. The highest BCUT2D eigenvalue weighted by molar-refractivity contribution is 7.89. The number of likely N-dealkylation sites (tertiary alicyclic amines) is 1. The van der Waals surface area contributed by atoms with Gasteiger partial charge in [0, 0.05) is 37.8 Å². The molecule has 4 rings (SSSR count). The number of imidazole rings is 1. The van der Waals surface area contributed by atoms with Crippen LogP contribution in [0.5, 0.6) is 5.75 Å². The van der Waals surface area contributed by atoms with E-state index in [0.717, 1.165) is 11.1 Å². The Bertz CT molecular complexity index is 1280. The zero-order valence-electron chi connectivity index (χ0n) is 19.8. The van der Waals surface area contributed by atoms with E-state index in [1.165, 1.54) is 17.4 Å². The van der Waals surface area contributed by atoms with E-state index in [-0.39, 0.29) is 29.6 Å². The second-order valence-electron chi connectivity index (χ2n) is 8.80. The number of nitrogens with zero attached hydrogens (tertiary/aromatic N) is 3. The minimum atomic E-state index is -3.70. The Morgan fingerprint density at radius 3 is 2.66 bits per heavy atom. The van der Waals surface area contributed by atoms with Crippen molar-refractivity contribution in [3.05, 3.63) is 78.2 Å². The van der Waals surface area contributed by atoms with E-state index in [1.807, 2.05) is 49.4 Å². The summed E-state index contributed by atoms with van der Waals surface area (Å²) in [7, 11) is -2.00. The van der Waals surface area contributed by atoms with Gasteiger partial charge in [-0.2, -0.15) is 0 Å². The third-order valence-electron chi connectivity index (χ3n) is 6.49. The minimum absolute atomic E-state index is 0.0385. The summed E-state index contributed by atoms with van der Waals surface area (Å²) in [6.45, 7) is 2.64. The van der Waals surface area contributed by atoms with E-state index in [2.05, 4.69) is 21.8 Å². The molecule has 186 valence electrons. The van der Waals surface area contributed by atoms with Crippen molar-refractivity contribution in [3.8, 4) is 5.75 Å². The third kappa shape index (κ3) is 5.18. The molecule has 1 fully saturated rings. The monoisotopic (exact) mass is 498 g/mol. The Morgan fingerprint density at radius 2 is 2.00 bits per heavy atom. The number of benzene rings is 2. The molecule has 1 saturated heterocycles. The van der Waals surface area contributed by atoms with Gasteiger partial charge in [-0.25, -0.2) is 22.9 Å². The van der Waals surface area contributed by atoms with Crippen LogP contribution in [0, 0.1) is 0 Å². The Morgan fingerprint density at radius 1 is 1.23 bits per heavy atom. The lowest BCUT2D eigenvalue weighted by atomic mass is 9.62. The van der Waals surface area contributed by atoms with Crippen molar-refractivity contribution in [2.45, 2.75) is 36.2 Å². The van der Waals surface area contributed by atoms with Gasteiger partial charge < -0.3 is 19.3 Å². The number of nitrogens with one attached hydrogen (secondary N) is 1. The Balaban J connectivity index is 1.48. The molecule has 2 N–H and O–H groups in total. The molecule has 2 heterocycles. The lowest BCUT2D eigenvalue weighted by Crippen LogP contribution is -2.69. The lowest BCUT2D eigenvalue weighted by Gasteiger charge is -2.57. The highest BCUT2D eigenvalue weighted by atomic mass is 32.2. The molecule has 2 atom stereocenters. The van der Waals surface area contributed by atoms with Crippen molar-refractivity contribution in [2.24, 2.45) is 7.05 Å². The van der Waals surface area contributed by atoms with E-state index in [0.29, 0.717) is 25.1 Å². The number of ether oxygens (including phenoxy) is 1. The first-order valence-corrected chi connectivity index (χ1v) is 13.0. The second kappa shape index (κ2) is 10.1. The van der Waals surface area contributed by atoms with Crippen molar-refractivity contribution >= 4 is 16.1 Å². The first kappa shape index (κ1) is 24.7. The fourth-order valence-electron chi connectivity index (χ4n) is 4.88. The van der Waals surface area contributed by atoms with Crippen LogP contribution >= 0.6 is 0 Å². The smallest absolute Gasteiger partial charge is 0.407 e. The molecule has 0 aliphatic carbocycles. The number of aryl methyl sites for hydroxylation is 1. The number of rotatable bonds is 10. The van der Waals surface area contributed by atoms with Crippen LogP contribution in [0.25, 0.3) is 0 Å². The van der Waals surface area contributed by atoms with Gasteiger partial charge in [-0.1, -0.05) is 49.4 Å². The van der Waals surface area contributed by atoms with Gasteiger partial charge in [-0.3, -0.25) is 0 Å². The van der Waals surface area contributed by atoms with E-state index in [4.69, 9.17) is 4.74 Å². The van der Waals surface area contributed by atoms with Crippen molar-refractivity contribution in [3.63, 3.8) is 0 Å². The van der Waals surface area contributed by atoms with Crippen LogP contribution < -0.4 is 9.46 Å². The summed E-state index contributed by atoms with van der Waals surface area (Å²) in [6, 6.07) is 17.6. The van der Waals surface area contributed by atoms with Gasteiger partial charge in [0.15, 0.2) is 5.03 Å². The zero-order chi connectivity index (χ0) is 25.1. The predicted octanol–water partition coefficient (Wildman–Crippen LogP) is 3.03. The summed E-state index contributed by atoms with van der Waals surface area (Å²) in [5, 5.41) is 9.63. The molecule has 3 aromatic rings. The summed E-state index contributed by atoms with van der Waals surface area (Å²) in [5.41, 5.74) is 1.79. The standard InChI is InChI=1S/C25H30N4O5S/c1-3-22-25(17-29(22)24(30)31,15-19-8-5-4-6-9-19)20-10-7-11-21(14-20)34-13-12-27-35(32,33)23-16-28(2)18-26-23/h4-11,14,16,18,22,27H,3,12-13,15,17H2,1-2H3,(H,30,31). The molecule has 1 aliphatic rings. The Kier molecular flexibility index (Phi) is 7.13. The van der Waals surface area contributed by atoms with Gasteiger partial charge in [-0.15, -0.1) is 0 Å². The summed E-state index contributed by atoms with van der Waals surface area (Å²) in [4.78, 5) is 17.2. The average Bonchev–Trinajstić information content (AvgIpc) is 3.27. The molecule has 35 heavy (non-hydrogen) atoms. The molecule has 1 aliphatic heterocycles.